The molecule has 0 fully saturated rings. The molecule has 0 spiro atoms. The average Bonchev–Trinajstić information content (AvgIpc) is 2.73. The van der Waals surface area contributed by atoms with Crippen LogP contribution < -0.4 is 10.1 Å². The molecule has 138 valence electrons. The number of carbonyl (C=O) groups is 1. The van der Waals surface area contributed by atoms with E-state index in [1.807, 2.05) is 36.4 Å². The van der Waals surface area contributed by atoms with Crippen molar-refractivity contribution in [2.45, 2.75) is 6.42 Å². The third-order valence-corrected chi connectivity index (χ3v) is 4.09. The van der Waals surface area contributed by atoms with E-state index < -0.39 is 0 Å². The number of nitrogens with zero attached hydrogens (tertiary/aromatic N) is 4. The maximum Gasteiger partial charge on any atom is 0.274 e. The molecule has 1 aromatic carbocycles. The third-order valence-electron chi connectivity index (χ3n) is 4.09. The fraction of sp³-hybridized carbons (Fsp3) is 0.200. The van der Waals surface area contributed by atoms with Crippen molar-refractivity contribution in [1.29, 1.82) is 0 Å². The molecule has 0 bridgehead atoms. The number of ether oxygens (including phenoxy) is 1. The van der Waals surface area contributed by atoms with E-state index in [9.17, 15) is 4.79 Å². The number of anilines is 2. The minimum absolute atomic E-state index is 0.166. The van der Waals surface area contributed by atoms with Crippen molar-refractivity contribution in [1.82, 2.24) is 20.1 Å². The molecule has 0 atom stereocenters. The molecule has 3 aromatic rings. The zero-order chi connectivity index (χ0) is 19.1. The maximum absolute atomic E-state index is 12.5. The van der Waals surface area contributed by atoms with E-state index in [2.05, 4.69) is 20.5 Å². The van der Waals surface area contributed by atoms with Gasteiger partial charge in [0.1, 0.15) is 5.75 Å². The highest BCUT2D eigenvalue weighted by molar-refractivity contribution is 5.92. The van der Waals surface area contributed by atoms with Gasteiger partial charge in [0.2, 0.25) is 0 Å². The Morgan fingerprint density at radius 1 is 1.07 bits per heavy atom. The second kappa shape index (κ2) is 8.75. The van der Waals surface area contributed by atoms with Crippen LogP contribution in [0.1, 0.15) is 16.1 Å². The monoisotopic (exact) mass is 363 g/mol. The Labute approximate surface area is 158 Å². The molecule has 7 nitrogen and oxygen atoms in total. The summed E-state index contributed by atoms with van der Waals surface area (Å²) in [6, 6.07) is 14.8. The standard InChI is InChI=1S/C20H21N5O2/c1-25(14-11-15-9-12-21-13-10-15)20(26)17-7-8-19(24-23-17)22-16-5-3-4-6-18(16)27-2/h3-10,12-13H,11,14H2,1-2H3,(H,22,24). The second-order valence-corrected chi connectivity index (χ2v) is 5.96. The first kappa shape index (κ1) is 18.3. The van der Waals surface area contributed by atoms with Crippen molar-refractivity contribution in [3.8, 4) is 5.75 Å². The van der Waals surface area contributed by atoms with Crippen LogP contribution in [0, 0.1) is 0 Å². The van der Waals surface area contributed by atoms with Gasteiger partial charge in [-0.3, -0.25) is 9.78 Å². The van der Waals surface area contributed by atoms with Crippen molar-refractivity contribution >= 4 is 17.4 Å². The quantitative estimate of drug-likeness (QED) is 0.695. The van der Waals surface area contributed by atoms with Gasteiger partial charge < -0.3 is 15.0 Å². The van der Waals surface area contributed by atoms with Crippen LogP contribution in [0.25, 0.3) is 0 Å². The average molecular weight is 363 g/mol. The topological polar surface area (TPSA) is 80.2 Å². The van der Waals surface area contributed by atoms with Gasteiger partial charge in [-0.2, -0.15) is 0 Å². The van der Waals surface area contributed by atoms with Crippen molar-refractivity contribution in [2.75, 3.05) is 26.0 Å². The molecule has 2 aromatic heterocycles. The van der Waals surface area contributed by atoms with E-state index in [1.165, 1.54) is 0 Å². The molecular weight excluding hydrogens is 342 g/mol. The van der Waals surface area contributed by atoms with Crippen LogP contribution in [0.2, 0.25) is 0 Å². The minimum atomic E-state index is -0.166. The Kier molecular flexibility index (Phi) is 5.94. The highest BCUT2D eigenvalue weighted by Gasteiger charge is 2.14. The fourth-order valence-electron chi connectivity index (χ4n) is 2.54. The normalized spacial score (nSPS) is 10.3. The molecular formula is C20H21N5O2. The number of rotatable bonds is 7. The molecule has 2 heterocycles. The van der Waals surface area contributed by atoms with Gasteiger partial charge in [0, 0.05) is 26.0 Å². The first-order valence-corrected chi connectivity index (χ1v) is 8.55. The lowest BCUT2D eigenvalue weighted by molar-refractivity contribution is 0.0789. The Morgan fingerprint density at radius 2 is 1.85 bits per heavy atom. The van der Waals surface area contributed by atoms with E-state index in [0.717, 1.165) is 17.7 Å². The molecule has 1 N–H and O–H groups in total. The number of nitrogens with one attached hydrogen (secondary N) is 1. The van der Waals surface area contributed by atoms with Crippen LogP contribution in [-0.2, 0) is 6.42 Å². The highest BCUT2D eigenvalue weighted by Crippen LogP contribution is 2.25. The molecule has 7 heteroatoms. The van der Waals surface area contributed by atoms with Gasteiger partial charge in [0.05, 0.1) is 12.8 Å². The number of amides is 1. The van der Waals surface area contributed by atoms with E-state index in [-0.39, 0.29) is 5.91 Å². The van der Waals surface area contributed by atoms with Crippen molar-refractivity contribution in [3.05, 3.63) is 72.2 Å². The zero-order valence-electron chi connectivity index (χ0n) is 15.3. The van der Waals surface area contributed by atoms with Crippen molar-refractivity contribution < 1.29 is 9.53 Å². The molecule has 3 rings (SSSR count). The van der Waals surface area contributed by atoms with Crippen LogP contribution in [-0.4, -0.2) is 46.7 Å². The van der Waals surface area contributed by atoms with Crippen LogP contribution in [0.15, 0.2) is 60.9 Å². The summed E-state index contributed by atoms with van der Waals surface area (Å²) in [7, 11) is 3.36. The first-order valence-electron chi connectivity index (χ1n) is 8.55. The molecule has 0 radical (unpaired) electrons. The molecule has 0 aliphatic heterocycles. The summed E-state index contributed by atoms with van der Waals surface area (Å²) >= 11 is 0. The minimum Gasteiger partial charge on any atom is -0.495 e. The largest absolute Gasteiger partial charge is 0.495 e. The van der Waals surface area contributed by atoms with Crippen molar-refractivity contribution in [3.63, 3.8) is 0 Å². The summed E-state index contributed by atoms with van der Waals surface area (Å²) in [4.78, 5) is 18.1. The van der Waals surface area contributed by atoms with Gasteiger partial charge in [-0.15, -0.1) is 10.2 Å². The van der Waals surface area contributed by atoms with Gasteiger partial charge in [0.25, 0.3) is 5.91 Å². The Morgan fingerprint density at radius 3 is 2.56 bits per heavy atom. The van der Waals surface area contributed by atoms with Crippen molar-refractivity contribution in [2.24, 2.45) is 0 Å². The lowest BCUT2D eigenvalue weighted by atomic mass is 10.2. The summed E-state index contributed by atoms with van der Waals surface area (Å²) < 4.78 is 5.30. The second-order valence-electron chi connectivity index (χ2n) is 5.96. The van der Waals surface area contributed by atoms with E-state index in [4.69, 9.17) is 4.74 Å². The number of carbonyl (C=O) groups excluding carboxylic acids is 1. The first-order chi connectivity index (χ1) is 13.2. The van der Waals surface area contributed by atoms with E-state index in [0.29, 0.717) is 23.8 Å². The summed E-state index contributed by atoms with van der Waals surface area (Å²) in [5.74, 6) is 1.08. The summed E-state index contributed by atoms with van der Waals surface area (Å²) in [6.45, 7) is 0.589. The molecule has 0 saturated carbocycles. The Bertz CT molecular complexity index is 884. The van der Waals surface area contributed by atoms with Crippen LogP contribution >= 0.6 is 0 Å². The molecule has 1 amide bonds. The molecule has 0 unspecified atom stereocenters. The number of likely N-dealkylation sites (N-methyl/N-ethyl adjacent to an activating group) is 1. The predicted octanol–water partition coefficient (Wildman–Crippen LogP) is 2.94. The highest BCUT2D eigenvalue weighted by atomic mass is 16.5. The Balaban J connectivity index is 1.61. The third kappa shape index (κ3) is 4.78. The molecule has 0 aliphatic rings. The van der Waals surface area contributed by atoms with E-state index >= 15 is 0 Å². The lowest BCUT2D eigenvalue weighted by Crippen LogP contribution is -2.29. The maximum atomic E-state index is 12.5. The van der Waals surface area contributed by atoms with E-state index in [1.54, 1.807) is 43.6 Å². The number of pyridine rings is 1. The number of aromatic nitrogens is 3. The molecule has 27 heavy (non-hydrogen) atoms. The van der Waals surface area contributed by atoms with Gasteiger partial charge in [-0.05, 0) is 48.4 Å². The van der Waals surface area contributed by atoms with Gasteiger partial charge >= 0.3 is 0 Å². The molecule has 0 aliphatic carbocycles. The fourth-order valence-corrected chi connectivity index (χ4v) is 2.54. The van der Waals surface area contributed by atoms with Crippen LogP contribution in [0.3, 0.4) is 0 Å². The number of hydrogen-bond acceptors (Lipinski definition) is 6. The Hall–Kier alpha value is -3.48. The smallest absolute Gasteiger partial charge is 0.274 e. The van der Waals surface area contributed by atoms with Gasteiger partial charge in [-0.1, -0.05) is 12.1 Å². The lowest BCUT2D eigenvalue weighted by Gasteiger charge is -2.16. The number of para-hydroxylation sites is 2. The summed E-state index contributed by atoms with van der Waals surface area (Å²) in [5.41, 5.74) is 2.22. The summed E-state index contributed by atoms with van der Waals surface area (Å²) in [6.07, 6.45) is 4.25. The zero-order valence-corrected chi connectivity index (χ0v) is 15.3. The van der Waals surface area contributed by atoms with Crippen LogP contribution in [0.4, 0.5) is 11.5 Å². The molecule has 0 saturated heterocycles. The van der Waals surface area contributed by atoms with Gasteiger partial charge in [-0.25, -0.2) is 0 Å². The number of hydrogen-bond donors (Lipinski definition) is 1. The summed E-state index contributed by atoms with van der Waals surface area (Å²) in [5, 5.41) is 11.3. The number of benzene rings is 1. The number of methoxy groups -OCH3 is 1. The predicted molar refractivity (Wildman–Crippen MR) is 103 cm³/mol. The van der Waals surface area contributed by atoms with Gasteiger partial charge in [0.15, 0.2) is 11.5 Å². The van der Waals surface area contributed by atoms with Crippen LogP contribution in [0.5, 0.6) is 5.75 Å². The SMILES string of the molecule is COc1ccccc1Nc1ccc(C(=O)N(C)CCc2ccncc2)nn1.